The maximum atomic E-state index is 12.8. The van der Waals surface area contributed by atoms with E-state index in [1.807, 2.05) is 12.1 Å². The zero-order valence-corrected chi connectivity index (χ0v) is 17.9. The Bertz CT molecular complexity index is 1050. The molecular weight excluding hydrogens is 368 g/mol. The predicted molar refractivity (Wildman–Crippen MR) is 116 cm³/mol. The molecule has 0 unspecified atom stereocenters. The van der Waals surface area contributed by atoms with E-state index in [2.05, 4.69) is 49.4 Å². The molecule has 3 rings (SSSR count). The molecule has 0 fully saturated rings. The highest BCUT2D eigenvalue weighted by molar-refractivity contribution is 7.16. The average Bonchev–Trinajstić information content (AvgIpc) is 2.99. The summed E-state index contributed by atoms with van der Waals surface area (Å²) >= 11 is 1.57. The van der Waals surface area contributed by atoms with Crippen LogP contribution in [-0.2, 0) is 6.54 Å². The van der Waals surface area contributed by atoms with Gasteiger partial charge in [-0.15, -0.1) is 0 Å². The van der Waals surface area contributed by atoms with Gasteiger partial charge in [0, 0.05) is 12.1 Å². The third-order valence-corrected chi connectivity index (χ3v) is 5.83. The lowest BCUT2D eigenvalue weighted by molar-refractivity contribution is 0.0997. The fourth-order valence-corrected chi connectivity index (χ4v) is 4.19. The van der Waals surface area contributed by atoms with Crippen LogP contribution < -0.4 is 9.54 Å². The Morgan fingerprint density at radius 1 is 1.11 bits per heavy atom. The second-order valence-electron chi connectivity index (χ2n) is 7.09. The minimum absolute atomic E-state index is 0.231. The van der Waals surface area contributed by atoms with Gasteiger partial charge in [-0.05, 0) is 68.1 Å². The van der Waals surface area contributed by atoms with Gasteiger partial charge < -0.3 is 9.30 Å². The van der Waals surface area contributed by atoms with Gasteiger partial charge in [0.2, 0.25) is 0 Å². The van der Waals surface area contributed by atoms with Crippen LogP contribution in [0.4, 0.5) is 0 Å². The number of fused-ring (bicyclic) bond motifs is 1. The van der Waals surface area contributed by atoms with Crippen LogP contribution in [0.15, 0.2) is 41.4 Å². The average molecular weight is 397 g/mol. The standard InChI is InChI=1S/C23H28N2O2S/c1-5-7-12-27-19-10-8-9-18(15-19)22(26)24-23-25(11-6-2)20-13-16(3)17(4)14-21(20)28-23/h8-10,13-15H,5-7,11-12H2,1-4H3. The summed E-state index contributed by atoms with van der Waals surface area (Å²) < 4.78 is 9.05. The van der Waals surface area contributed by atoms with Crippen molar-refractivity contribution < 1.29 is 9.53 Å². The van der Waals surface area contributed by atoms with Gasteiger partial charge in [-0.3, -0.25) is 4.79 Å². The number of benzene rings is 2. The number of carbonyl (C=O) groups excluding carboxylic acids is 1. The normalized spacial score (nSPS) is 11.9. The van der Waals surface area contributed by atoms with Crippen molar-refractivity contribution in [2.24, 2.45) is 4.99 Å². The fourth-order valence-electron chi connectivity index (χ4n) is 3.05. The third-order valence-electron chi connectivity index (χ3n) is 4.79. The zero-order valence-electron chi connectivity index (χ0n) is 17.1. The summed E-state index contributed by atoms with van der Waals surface area (Å²) in [6.07, 6.45) is 3.07. The van der Waals surface area contributed by atoms with E-state index in [0.717, 1.165) is 41.9 Å². The maximum absolute atomic E-state index is 12.8. The Morgan fingerprint density at radius 3 is 2.64 bits per heavy atom. The van der Waals surface area contributed by atoms with Crippen molar-refractivity contribution in [2.75, 3.05) is 6.61 Å². The molecule has 0 bridgehead atoms. The lowest BCUT2D eigenvalue weighted by Gasteiger charge is -2.06. The quantitative estimate of drug-likeness (QED) is 0.484. The summed E-state index contributed by atoms with van der Waals surface area (Å²) in [4.78, 5) is 18.1. The summed E-state index contributed by atoms with van der Waals surface area (Å²) in [7, 11) is 0. The molecule has 0 saturated heterocycles. The summed E-state index contributed by atoms with van der Waals surface area (Å²) in [5.41, 5.74) is 4.22. The van der Waals surface area contributed by atoms with Gasteiger partial charge >= 0.3 is 0 Å². The number of hydrogen-bond donors (Lipinski definition) is 0. The maximum Gasteiger partial charge on any atom is 0.279 e. The van der Waals surface area contributed by atoms with Crippen LogP contribution in [0, 0.1) is 13.8 Å². The second-order valence-corrected chi connectivity index (χ2v) is 8.10. The van der Waals surface area contributed by atoms with E-state index < -0.39 is 0 Å². The predicted octanol–water partition coefficient (Wildman–Crippen LogP) is 5.65. The monoisotopic (exact) mass is 396 g/mol. The number of hydrogen-bond acceptors (Lipinski definition) is 3. The summed E-state index contributed by atoms with van der Waals surface area (Å²) in [5, 5.41) is 0. The van der Waals surface area contributed by atoms with E-state index in [-0.39, 0.29) is 5.91 Å². The molecule has 0 N–H and O–H groups in total. The first-order valence-electron chi connectivity index (χ1n) is 9.96. The Balaban J connectivity index is 1.98. The SMILES string of the molecule is CCCCOc1cccc(C(=O)N=c2sc3cc(C)c(C)cc3n2CCC)c1. The van der Waals surface area contributed by atoms with Crippen molar-refractivity contribution in [3.05, 3.63) is 57.9 Å². The van der Waals surface area contributed by atoms with Crippen molar-refractivity contribution in [1.82, 2.24) is 4.57 Å². The van der Waals surface area contributed by atoms with Gasteiger partial charge in [0.05, 0.1) is 16.8 Å². The molecule has 3 aromatic rings. The van der Waals surface area contributed by atoms with Crippen LogP contribution in [0.25, 0.3) is 10.2 Å². The van der Waals surface area contributed by atoms with Crippen LogP contribution in [0.1, 0.15) is 54.6 Å². The van der Waals surface area contributed by atoms with Crippen molar-refractivity contribution >= 4 is 27.5 Å². The number of carbonyl (C=O) groups is 1. The number of unbranched alkanes of at least 4 members (excludes halogenated alkanes) is 1. The lowest BCUT2D eigenvalue weighted by atomic mass is 10.1. The molecule has 2 aromatic carbocycles. The number of amides is 1. The Morgan fingerprint density at radius 2 is 1.89 bits per heavy atom. The van der Waals surface area contributed by atoms with Crippen LogP contribution >= 0.6 is 11.3 Å². The van der Waals surface area contributed by atoms with E-state index in [1.54, 1.807) is 23.5 Å². The van der Waals surface area contributed by atoms with Gasteiger partial charge in [-0.1, -0.05) is 37.7 Å². The summed E-state index contributed by atoms with van der Waals surface area (Å²) in [6.45, 7) is 10.0. The van der Waals surface area contributed by atoms with Gasteiger partial charge in [0.25, 0.3) is 5.91 Å². The molecule has 148 valence electrons. The Kier molecular flexibility index (Phi) is 6.68. The molecule has 0 aliphatic carbocycles. The minimum atomic E-state index is -0.231. The van der Waals surface area contributed by atoms with Crippen molar-refractivity contribution in [3.63, 3.8) is 0 Å². The number of aryl methyl sites for hydroxylation is 3. The topological polar surface area (TPSA) is 43.6 Å². The summed E-state index contributed by atoms with van der Waals surface area (Å²) in [5.74, 6) is 0.490. The molecule has 1 aromatic heterocycles. The van der Waals surface area contributed by atoms with E-state index in [1.165, 1.54) is 15.8 Å². The molecular formula is C23H28N2O2S. The highest BCUT2D eigenvalue weighted by Crippen LogP contribution is 2.22. The molecule has 5 heteroatoms. The molecule has 4 nitrogen and oxygen atoms in total. The van der Waals surface area contributed by atoms with Gasteiger partial charge in [-0.2, -0.15) is 4.99 Å². The minimum Gasteiger partial charge on any atom is -0.494 e. The molecule has 0 saturated carbocycles. The highest BCUT2D eigenvalue weighted by atomic mass is 32.1. The largest absolute Gasteiger partial charge is 0.494 e. The van der Waals surface area contributed by atoms with Gasteiger partial charge in [0.1, 0.15) is 5.75 Å². The number of rotatable bonds is 7. The number of thiazole rings is 1. The van der Waals surface area contributed by atoms with Crippen LogP contribution in [0.3, 0.4) is 0 Å². The molecule has 1 amide bonds. The fraction of sp³-hybridized carbons (Fsp3) is 0.391. The van der Waals surface area contributed by atoms with Crippen molar-refractivity contribution in [3.8, 4) is 5.75 Å². The Hall–Kier alpha value is -2.40. The molecule has 0 atom stereocenters. The van der Waals surface area contributed by atoms with E-state index >= 15 is 0 Å². The second kappa shape index (κ2) is 9.20. The van der Waals surface area contributed by atoms with Crippen LogP contribution in [-0.4, -0.2) is 17.1 Å². The molecule has 0 aliphatic rings. The highest BCUT2D eigenvalue weighted by Gasteiger charge is 2.11. The van der Waals surface area contributed by atoms with Crippen molar-refractivity contribution in [1.29, 1.82) is 0 Å². The molecule has 28 heavy (non-hydrogen) atoms. The number of aromatic nitrogens is 1. The van der Waals surface area contributed by atoms with E-state index in [0.29, 0.717) is 12.2 Å². The smallest absolute Gasteiger partial charge is 0.279 e. The van der Waals surface area contributed by atoms with Crippen LogP contribution in [0.2, 0.25) is 0 Å². The zero-order chi connectivity index (χ0) is 20.1. The molecule has 0 aliphatic heterocycles. The Labute approximate surface area is 170 Å². The molecule has 0 spiro atoms. The van der Waals surface area contributed by atoms with Gasteiger partial charge in [0.15, 0.2) is 4.80 Å². The summed E-state index contributed by atoms with van der Waals surface area (Å²) in [6, 6.07) is 11.7. The van der Waals surface area contributed by atoms with E-state index in [4.69, 9.17) is 4.74 Å². The van der Waals surface area contributed by atoms with Crippen LogP contribution in [0.5, 0.6) is 5.75 Å². The number of ether oxygens (including phenoxy) is 1. The first-order chi connectivity index (χ1) is 13.5. The molecule has 1 heterocycles. The first-order valence-corrected chi connectivity index (χ1v) is 10.8. The lowest BCUT2D eigenvalue weighted by Crippen LogP contribution is -2.17. The number of nitrogens with zero attached hydrogens (tertiary/aromatic N) is 2. The van der Waals surface area contributed by atoms with Crippen molar-refractivity contribution in [2.45, 2.75) is 53.5 Å². The first kappa shape index (κ1) is 20.3. The van der Waals surface area contributed by atoms with E-state index in [9.17, 15) is 4.79 Å². The van der Waals surface area contributed by atoms with Gasteiger partial charge in [-0.25, -0.2) is 0 Å². The third kappa shape index (κ3) is 4.53. The molecule has 0 radical (unpaired) electrons.